The summed E-state index contributed by atoms with van der Waals surface area (Å²) >= 11 is 1.32. The maximum atomic E-state index is 13.1. The van der Waals surface area contributed by atoms with Gasteiger partial charge >= 0.3 is 5.97 Å². The van der Waals surface area contributed by atoms with Crippen molar-refractivity contribution in [2.75, 3.05) is 26.5 Å². The van der Waals surface area contributed by atoms with Crippen LogP contribution in [-0.4, -0.2) is 49.0 Å². The fourth-order valence-corrected chi connectivity index (χ4v) is 6.86. The molecule has 4 fully saturated rings. The van der Waals surface area contributed by atoms with E-state index in [1.807, 2.05) is 12.1 Å². The number of hydrogen-bond acceptors (Lipinski definition) is 5. The number of carbonyl (C=O) groups excluding carboxylic acids is 3. The van der Waals surface area contributed by atoms with Gasteiger partial charge in [0, 0.05) is 24.4 Å². The molecular formula is C23H29NO4S. The Bertz CT molecular complexity index is 784. The van der Waals surface area contributed by atoms with Gasteiger partial charge in [-0.2, -0.15) is 0 Å². The second kappa shape index (κ2) is 8.13. The van der Waals surface area contributed by atoms with Crippen LogP contribution in [0.4, 0.5) is 0 Å². The lowest BCUT2D eigenvalue weighted by Crippen LogP contribution is -2.51. The highest BCUT2D eigenvalue weighted by Gasteiger charge is 2.54. The highest BCUT2D eigenvalue weighted by molar-refractivity contribution is 8.00. The van der Waals surface area contributed by atoms with E-state index < -0.39 is 5.97 Å². The van der Waals surface area contributed by atoms with Gasteiger partial charge in [0.05, 0.1) is 11.3 Å². The van der Waals surface area contributed by atoms with Gasteiger partial charge in [0.2, 0.25) is 5.91 Å². The van der Waals surface area contributed by atoms with Crippen LogP contribution in [0.1, 0.15) is 48.9 Å². The summed E-state index contributed by atoms with van der Waals surface area (Å²) in [6.07, 6.45) is 6.78. The van der Waals surface area contributed by atoms with Crippen LogP contribution in [0.3, 0.4) is 0 Å². The molecule has 4 aliphatic rings. The van der Waals surface area contributed by atoms with Crippen molar-refractivity contribution in [3.8, 4) is 0 Å². The van der Waals surface area contributed by atoms with E-state index in [-0.39, 0.29) is 29.5 Å². The van der Waals surface area contributed by atoms with Crippen LogP contribution in [0.5, 0.6) is 0 Å². The minimum Gasteiger partial charge on any atom is -0.454 e. The normalized spacial score (nSPS) is 29.5. The number of carbonyl (C=O) groups is 3. The van der Waals surface area contributed by atoms with E-state index in [1.54, 1.807) is 26.2 Å². The van der Waals surface area contributed by atoms with Crippen LogP contribution in [0.15, 0.2) is 29.2 Å². The van der Waals surface area contributed by atoms with E-state index in [1.165, 1.54) is 35.9 Å². The molecule has 4 aliphatic carbocycles. The Kier molecular flexibility index (Phi) is 5.74. The number of thioether (sulfide) groups is 1. The molecule has 4 saturated carbocycles. The summed E-state index contributed by atoms with van der Waals surface area (Å²) < 4.78 is 5.48. The molecule has 5 nitrogen and oxygen atoms in total. The minimum atomic E-state index is -0.483. The number of hydrogen-bond donors (Lipinski definition) is 0. The predicted octanol–water partition coefficient (Wildman–Crippen LogP) is 3.81. The van der Waals surface area contributed by atoms with Crippen LogP contribution in [-0.2, 0) is 14.3 Å². The van der Waals surface area contributed by atoms with E-state index >= 15 is 0 Å². The van der Waals surface area contributed by atoms with Crippen molar-refractivity contribution in [3.05, 3.63) is 29.8 Å². The van der Waals surface area contributed by atoms with Gasteiger partial charge in [-0.15, -0.1) is 11.8 Å². The molecule has 0 aliphatic heterocycles. The molecule has 1 aromatic carbocycles. The molecule has 0 heterocycles. The second-order valence-corrected chi connectivity index (χ2v) is 10.3. The first-order valence-corrected chi connectivity index (χ1v) is 11.5. The van der Waals surface area contributed by atoms with Gasteiger partial charge in [0.15, 0.2) is 12.4 Å². The van der Waals surface area contributed by atoms with Gasteiger partial charge in [-0.05, 0) is 68.4 Å². The van der Waals surface area contributed by atoms with Gasteiger partial charge in [-0.25, -0.2) is 4.79 Å². The Hall–Kier alpha value is -1.82. The number of amides is 1. The third-order valence-electron chi connectivity index (χ3n) is 6.92. The fourth-order valence-electron chi connectivity index (χ4n) is 5.84. The number of rotatable bonds is 7. The zero-order chi connectivity index (χ0) is 20.6. The second-order valence-electron chi connectivity index (χ2n) is 9.27. The number of nitrogens with zero attached hydrogens (tertiary/aromatic N) is 1. The van der Waals surface area contributed by atoms with E-state index in [0.29, 0.717) is 28.2 Å². The first kappa shape index (κ1) is 20.5. The van der Waals surface area contributed by atoms with E-state index in [0.717, 1.165) is 19.3 Å². The molecule has 6 heteroatoms. The summed E-state index contributed by atoms with van der Waals surface area (Å²) in [5.74, 6) is 1.92. The van der Waals surface area contributed by atoms with Crippen molar-refractivity contribution in [2.45, 2.75) is 43.4 Å². The molecule has 1 amide bonds. The lowest BCUT2D eigenvalue weighted by atomic mass is 9.48. The van der Waals surface area contributed by atoms with Crippen LogP contribution >= 0.6 is 11.8 Å². The number of ketones is 1. The van der Waals surface area contributed by atoms with E-state index in [2.05, 4.69) is 0 Å². The zero-order valence-electron chi connectivity index (χ0n) is 17.2. The van der Waals surface area contributed by atoms with E-state index in [9.17, 15) is 14.4 Å². The van der Waals surface area contributed by atoms with Crippen LogP contribution in [0.2, 0.25) is 0 Å². The molecule has 0 N–H and O–H groups in total. The van der Waals surface area contributed by atoms with Gasteiger partial charge in [-0.1, -0.05) is 12.1 Å². The van der Waals surface area contributed by atoms with Gasteiger partial charge in [0.25, 0.3) is 0 Å². The summed E-state index contributed by atoms with van der Waals surface area (Å²) in [6, 6.07) is 7.11. The maximum absolute atomic E-state index is 13.1. The van der Waals surface area contributed by atoms with Crippen molar-refractivity contribution >= 4 is 29.4 Å². The number of esters is 1. The highest BCUT2D eigenvalue weighted by Crippen LogP contribution is 2.60. The molecular weight excluding hydrogens is 386 g/mol. The molecule has 1 aromatic rings. The van der Waals surface area contributed by atoms with Crippen molar-refractivity contribution in [3.63, 3.8) is 0 Å². The van der Waals surface area contributed by atoms with Crippen molar-refractivity contribution in [1.82, 2.24) is 4.90 Å². The standard InChI is InChI=1S/C23H29NO4S/c1-24(2)21(26)14-29-19-6-4-3-5-18(19)22(27)28-13-20(25)23-10-15-7-16(11-23)9-17(8-15)12-23/h3-6,15-17H,7-14H2,1-2H3. The zero-order valence-corrected chi connectivity index (χ0v) is 18.0. The monoisotopic (exact) mass is 415 g/mol. The Balaban J connectivity index is 1.38. The Morgan fingerprint density at radius 3 is 2.21 bits per heavy atom. The molecule has 0 radical (unpaired) electrons. The van der Waals surface area contributed by atoms with Crippen LogP contribution in [0.25, 0.3) is 0 Å². The van der Waals surface area contributed by atoms with Crippen LogP contribution in [0, 0.1) is 23.2 Å². The third-order valence-corrected chi connectivity index (χ3v) is 7.98. The minimum absolute atomic E-state index is 0.0184. The van der Waals surface area contributed by atoms with E-state index in [4.69, 9.17) is 4.74 Å². The van der Waals surface area contributed by atoms with Crippen molar-refractivity contribution in [1.29, 1.82) is 0 Å². The predicted molar refractivity (Wildman–Crippen MR) is 112 cm³/mol. The highest BCUT2D eigenvalue weighted by atomic mass is 32.2. The topological polar surface area (TPSA) is 63.7 Å². The quantitative estimate of drug-likeness (QED) is 0.501. The fraction of sp³-hybridized carbons (Fsp3) is 0.609. The molecule has 0 aromatic heterocycles. The largest absolute Gasteiger partial charge is 0.454 e. The average molecular weight is 416 g/mol. The lowest BCUT2D eigenvalue weighted by molar-refractivity contribution is -0.147. The molecule has 0 atom stereocenters. The van der Waals surface area contributed by atoms with Gasteiger partial charge < -0.3 is 9.64 Å². The summed E-state index contributed by atoms with van der Waals surface area (Å²) in [4.78, 5) is 39.9. The number of benzene rings is 1. The third kappa shape index (κ3) is 4.23. The Morgan fingerprint density at radius 2 is 1.62 bits per heavy atom. The lowest BCUT2D eigenvalue weighted by Gasteiger charge is -2.55. The van der Waals surface area contributed by atoms with Crippen molar-refractivity contribution in [2.24, 2.45) is 23.2 Å². The number of Topliss-reactive ketones (excluding diaryl/α,β-unsaturated/α-hetero) is 1. The van der Waals surface area contributed by atoms with Crippen molar-refractivity contribution < 1.29 is 19.1 Å². The number of ether oxygens (including phenoxy) is 1. The smallest absolute Gasteiger partial charge is 0.339 e. The molecule has 5 rings (SSSR count). The molecule has 156 valence electrons. The molecule has 0 spiro atoms. The summed E-state index contributed by atoms with van der Waals surface area (Å²) in [6.45, 7) is -0.138. The summed E-state index contributed by atoms with van der Waals surface area (Å²) in [7, 11) is 3.41. The molecule has 4 bridgehead atoms. The van der Waals surface area contributed by atoms with Crippen LogP contribution < -0.4 is 0 Å². The Morgan fingerprint density at radius 1 is 1.03 bits per heavy atom. The molecule has 0 unspecified atom stereocenters. The van der Waals surface area contributed by atoms with Gasteiger partial charge in [-0.3, -0.25) is 9.59 Å². The Labute approximate surface area is 176 Å². The maximum Gasteiger partial charge on any atom is 0.339 e. The summed E-state index contributed by atoms with van der Waals surface area (Å²) in [5.41, 5.74) is 0.170. The first-order chi connectivity index (χ1) is 13.9. The first-order valence-electron chi connectivity index (χ1n) is 10.5. The molecule has 0 saturated heterocycles. The average Bonchev–Trinajstić information content (AvgIpc) is 2.69. The molecule has 29 heavy (non-hydrogen) atoms. The SMILES string of the molecule is CN(C)C(=O)CSc1ccccc1C(=O)OCC(=O)C12CC3CC(CC(C3)C1)C2. The summed E-state index contributed by atoms with van der Waals surface area (Å²) in [5, 5.41) is 0. The van der Waals surface area contributed by atoms with Gasteiger partial charge in [0.1, 0.15) is 0 Å².